The van der Waals surface area contributed by atoms with Crippen molar-refractivity contribution in [1.82, 2.24) is 4.90 Å². The van der Waals surface area contributed by atoms with Gasteiger partial charge in [0.05, 0.1) is 35.3 Å². The molecular weight excluding hydrogens is 441 g/mol. The first kappa shape index (κ1) is 17.1. The molecule has 0 aliphatic carbocycles. The molecule has 0 amide bonds. The van der Waals surface area contributed by atoms with Crippen LogP contribution in [0.5, 0.6) is 0 Å². The minimum absolute atomic E-state index is 0.235. The summed E-state index contributed by atoms with van der Waals surface area (Å²) in [6.07, 6.45) is 0. The van der Waals surface area contributed by atoms with E-state index >= 15 is 0 Å². The van der Waals surface area contributed by atoms with Crippen molar-refractivity contribution in [1.29, 1.82) is 0 Å². The number of hydrogen-bond acceptors (Lipinski definition) is 5. The number of rotatable bonds is 3. The van der Waals surface area contributed by atoms with Crippen LogP contribution in [0.15, 0.2) is 64.8 Å². The number of hydrogen-bond donors (Lipinski definition) is 1. The Hall–Kier alpha value is -2.35. The first-order valence-corrected chi connectivity index (χ1v) is 9.52. The molecule has 0 aromatic heterocycles. The third kappa shape index (κ3) is 2.78. The number of benzene rings is 2. The quantitative estimate of drug-likeness (QED) is 0.551. The molecule has 0 fully saturated rings. The van der Waals surface area contributed by atoms with Crippen LogP contribution in [0.4, 0.5) is 11.4 Å². The zero-order valence-electron chi connectivity index (χ0n) is 14.5. The van der Waals surface area contributed by atoms with Crippen molar-refractivity contribution in [3.8, 4) is 0 Å². The molecule has 1 atom stereocenters. The number of amidine groups is 1. The molecule has 0 bridgehead atoms. The van der Waals surface area contributed by atoms with Crippen LogP contribution in [0.1, 0.15) is 18.5 Å². The summed E-state index contributed by atoms with van der Waals surface area (Å²) in [5, 5.41) is 3.39. The number of carbonyl (C=O) groups is 1. The van der Waals surface area contributed by atoms with Crippen LogP contribution in [0, 0.1) is 3.57 Å². The van der Waals surface area contributed by atoms with Crippen molar-refractivity contribution in [3.63, 3.8) is 0 Å². The van der Waals surface area contributed by atoms with Gasteiger partial charge in [0.25, 0.3) is 0 Å². The SMILES string of the molecule is CCOC(=O)C1=C2Nc3ccccc3N=C2N(C)C1c1ccc(I)cc1. The number of carbonyl (C=O) groups excluding carboxylic acids is 1. The van der Waals surface area contributed by atoms with Crippen molar-refractivity contribution in [2.45, 2.75) is 13.0 Å². The van der Waals surface area contributed by atoms with Crippen molar-refractivity contribution in [2.24, 2.45) is 4.99 Å². The Kier molecular flexibility index (Phi) is 4.44. The molecule has 6 heteroatoms. The Morgan fingerprint density at radius 2 is 1.96 bits per heavy atom. The van der Waals surface area contributed by atoms with E-state index in [2.05, 4.69) is 27.9 Å². The molecule has 2 aliphatic rings. The van der Waals surface area contributed by atoms with Gasteiger partial charge in [0.2, 0.25) is 0 Å². The summed E-state index contributed by atoms with van der Waals surface area (Å²) in [4.78, 5) is 19.6. The molecule has 2 aromatic carbocycles. The Morgan fingerprint density at radius 1 is 1.23 bits per heavy atom. The van der Waals surface area contributed by atoms with Gasteiger partial charge in [0.1, 0.15) is 0 Å². The van der Waals surface area contributed by atoms with E-state index in [-0.39, 0.29) is 12.0 Å². The summed E-state index contributed by atoms with van der Waals surface area (Å²) in [6.45, 7) is 2.15. The molecule has 1 unspecified atom stereocenters. The summed E-state index contributed by atoms with van der Waals surface area (Å²) in [7, 11) is 1.96. The van der Waals surface area contributed by atoms with Crippen LogP contribution in [0.2, 0.25) is 0 Å². The number of nitrogens with one attached hydrogen (secondary N) is 1. The van der Waals surface area contributed by atoms with E-state index in [4.69, 9.17) is 9.73 Å². The fourth-order valence-electron chi connectivity index (χ4n) is 3.39. The van der Waals surface area contributed by atoms with Gasteiger partial charge < -0.3 is 15.0 Å². The standard InChI is InChI=1S/C20H18IN3O2/c1-3-26-20(25)16-17-19(23-15-7-5-4-6-14(15)22-17)24(2)18(16)12-8-10-13(21)11-9-12/h4-11,18,22H,3H2,1-2H3. The normalized spacial score (nSPS) is 18.0. The topological polar surface area (TPSA) is 53.9 Å². The minimum atomic E-state index is -0.310. The zero-order chi connectivity index (χ0) is 18.3. The second-order valence-electron chi connectivity index (χ2n) is 6.15. The lowest BCUT2D eigenvalue weighted by molar-refractivity contribution is -0.139. The number of anilines is 1. The third-order valence-electron chi connectivity index (χ3n) is 4.56. The number of halogens is 1. The highest BCUT2D eigenvalue weighted by Crippen LogP contribution is 2.43. The molecule has 0 radical (unpaired) electrons. The number of nitrogens with zero attached hydrogens (tertiary/aromatic N) is 2. The largest absolute Gasteiger partial charge is 0.463 e. The lowest BCUT2D eigenvalue weighted by Gasteiger charge is -2.25. The molecule has 26 heavy (non-hydrogen) atoms. The molecule has 5 nitrogen and oxygen atoms in total. The van der Waals surface area contributed by atoms with Crippen molar-refractivity contribution < 1.29 is 9.53 Å². The van der Waals surface area contributed by atoms with E-state index in [9.17, 15) is 4.79 Å². The smallest absolute Gasteiger partial charge is 0.338 e. The van der Waals surface area contributed by atoms with Crippen LogP contribution < -0.4 is 5.32 Å². The number of esters is 1. The summed E-state index contributed by atoms with van der Waals surface area (Å²) < 4.78 is 6.52. The number of aliphatic imine (C=N–C) groups is 1. The van der Waals surface area contributed by atoms with Crippen LogP contribution in [-0.4, -0.2) is 30.4 Å². The van der Waals surface area contributed by atoms with Gasteiger partial charge >= 0.3 is 5.97 Å². The summed E-state index contributed by atoms with van der Waals surface area (Å²) >= 11 is 2.28. The number of likely N-dealkylation sites (N-methyl/N-ethyl adjacent to an activating group) is 1. The average Bonchev–Trinajstić information content (AvgIpc) is 2.93. The maximum Gasteiger partial charge on any atom is 0.338 e. The Labute approximate surface area is 165 Å². The van der Waals surface area contributed by atoms with Gasteiger partial charge in [-0.15, -0.1) is 0 Å². The lowest BCUT2D eigenvalue weighted by atomic mass is 9.99. The lowest BCUT2D eigenvalue weighted by Crippen LogP contribution is -2.28. The maximum absolute atomic E-state index is 12.8. The monoisotopic (exact) mass is 459 g/mol. The van der Waals surface area contributed by atoms with Crippen molar-refractivity contribution in [2.75, 3.05) is 19.0 Å². The number of ether oxygens (including phenoxy) is 1. The van der Waals surface area contributed by atoms with Crippen molar-refractivity contribution in [3.05, 3.63) is 68.9 Å². The second-order valence-corrected chi connectivity index (χ2v) is 7.40. The molecule has 132 valence electrons. The van der Waals surface area contributed by atoms with Gasteiger partial charge in [-0.05, 0) is 59.3 Å². The maximum atomic E-state index is 12.8. The van der Waals surface area contributed by atoms with E-state index < -0.39 is 0 Å². The van der Waals surface area contributed by atoms with Gasteiger partial charge in [0.15, 0.2) is 5.84 Å². The fraction of sp³-hybridized carbons (Fsp3) is 0.200. The molecule has 0 saturated heterocycles. The van der Waals surface area contributed by atoms with Crippen LogP contribution >= 0.6 is 22.6 Å². The molecule has 2 aliphatic heterocycles. The molecule has 2 heterocycles. The van der Waals surface area contributed by atoms with Gasteiger partial charge in [-0.25, -0.2) is 9.79 Å². The number of para-hydroxylation sites is 2. The molecule has 2 aromatic rings. The summed E-state index contributed by atoms with van der Waals surface area (Å²) in [5.41, 5.74) is 4.12. The third-order valence-corrected chi connectivity index (χ3v) is 5.28. The van der Waals surface area contributed by atoms with Gasteiger partial charge in [0, 0.05) is 10.6 Å². The predicted molar refractivity (Wildman–Crippen MR) is 110 cm³/mol. The van der Waals surface area contributed by atoms with Crippen LogP contribution in [0.25, 0.3) is 0 Å². The molecule has 0 spiro atoms. The summed E-state index contributed by atoms with van der Waals surface area (Å²) in [6, 6.07) is 15.8. The van der Waals surface area contributed by atoms with Crippen LogP contribution in [0.3, 0.4) is 0 Å². The average molecular weight is 459 g/mol. The molecule has 0 saturated carbocycles. The predicted octanol–water partition coefficient (Wildman–Crippen LogP) is 4.25. The summed E-state index contributed by atoms with van der Waals surface area (Å²) in [5.74, 6) is 0.449. The highest BCUT2D eigenvalue weighted by atomic mass is 127. The van der Waals surface area contributed by atoms with Crippen LogP contribution in [-0.2, 0) is 9.53 Å². The zero-order valence-corrected chi connectivity index (χ0v) is 16.6. The molecule has 4 rings (SSSR count). The first-order valence-electron chi connectivity index (χ1n) is 8.45. The highest BCUT2D eigenvalue weighted by Gasteiger charge is 2.42. The van der Waals surface area contributed by atoms with E-state index in [1.165, 1.54) is 0 Å². The minimum Gasteiger partial charge on any atom is -0.463 e. The Morgan fingerprint density at radius 3 is 2.69 bits per heavy atom. The van der Waals surface area contributed by atoms with E-state index in [1.807, 2.05) is 67.4 Å². The first-order chi connectivity index (χ1) is 12.6. The van der Waals surface area contributed by atoms with E-state index in [0.29, 0.717) is 12.2 Å². The van der Waals surface area contributed by atoms with Gasteiger partial charge in [-0.1, -0.05) is 24.3 Å². The molecular formula is C20H18IN3O2. The Balaban J connectivity index is 1.87. The van der Waals surface area contributed by atoms with Gasteiger partial charge in [-0.2, -0.15) is 0 Å². The molecule has 1 N–H and O–H groups in total. The van der Waals surface area contributed by atoms with Gasteiger partial charge in [-0.3, -0.25) is 0 Å². The van der Waals surface area contributed by atoms with Crippen molar-refractivity contribution >= 4 is 45.8 Å². The Bertz CT molecular complexity index is 934. The fourth-order valence-corrected chi connectivity index (χ4v) is 3.75. The van der Waals surface area contributed by atoms with E-state index in [0.717, 1.165) is 32.0 Å². The number of fused-ring (bicyclic) bond motifs is 2. The highest BCUT2D eigenvalue weighted by molar-refractivity contribution is 14.1. The second kappa shape index (κ2) is 6.75. The van der Waals surface area contributed by atoms with E-state index in [1.54, 1.807) is 0 Å².